The molecule has 0 radical (unpaired) electrons. The van der Waals surface area contributed by atoms with Gasteiger partial charge in [0.2, 0.25) is 0 Å². The van der Waals surface area contributed by atoms with Gasteiger partial charge in [-0.2, -0.15) is 0 Å². The van der Waals surface area contributed by atoms with Crippen LogP contribution in [0.15, 0.2) is 6.20 Å². The summed E-state index contributed by atoms with van der Waals surface area (Å²) < 4.78 is 4.50. The molecule has 1 heterocycles. The Bertz CT molecular complexity index is 278. The Hall–Kier alpha value is -1.45. The maximum atomic E-state index is 10.9. The number of rotatable bonds is 1. The zero-order chi connectivity index (χ0) is 8.43. The van der Waals surface area contributed by atoms with Crippen molar-refractivity contribution in [1.82, 2.24) is 4.98 Å². The van der Waals surface area contributed by atoms with E-state index < -0.39 is 0 Å². The number of carbonyl (C=O) groups is 1. The molecule has 4 nitrogen and oxygen atoms in total. The number of nitrogens with one attached hydrogen (secondary N) is 1. The molecule has 0 spiro atoms. The molecule has 0 saturated heterocycles. The van der Waals surface area contributed by atoms with Gasteiger partial charge < -0.3 is 15.5 Å². The van der Waals surface area contributed by atoms with Crippen LogP contribution in [0.3, 0.4) is 0 Å². The molecule has 1 aromatic heterocycles. The van der Waals surface area contributed by atoms with Crippen LogP contribution in [0.25, 0.3) is 0 Å². The maximum Gasteiger partial charge on any atom is 0.354 e. The summed E-state index contributed by atoms with van der Waals surface area (Å²) in [5, 5.41) is 0. The minimum atomic E-state index is -0.390. The molecule has 4 heteroatoms. The Balaban J connectivity index is 3.04. The molecule has 0 bridgehead atoms. The number of aromatic nitrogens is 1. The number of H-pyrrole nitrogens is 1. The molecule has 0 aliphatic rings. The standard InChI is InChI=1S/C7H10N2O2/c1-4-5(8)3-9-6(4)7(10)11-2/h3,9H,8H2,1-2H3. The van der Waals surface area contributed by atoms with Gasteiger partial charge in [0.1, 0.15) is 5.69 Å². The van der Waals surface area contributed by atoms with E-state index >= 15 is 0 Å². The number of methoxy groups -OCH3 is 1. The second-order valence-electron chi connectivity index (χ2n) is 2.24. The minimum absolute atomic E-state index is 0.390. The fourth-order valence-electron chi connectivity index (χ4n) is 0.825. The second-order valence-corrected chi connectivity index (χ2v) is 2.24. The molecule has 0 aromatic carbocycles. The highest BCUT2D eigenvalue weighted by Gasteiger charge is 2.11. The largest absolute Gasteiger partial charge is 0.464 e. The smallest absolute Gasteiger partial charge is 0.354 e. The lowest BCUT2D eigenvalue weighted by molar-refractivity contribution is 0.0594. The van der Waals surface area contributed by atoms with E-state index in [1.54, 1.807) is 13.1 Å². The molecule has 1 aromatic rings. The summed E-state index contributed by atoms with van der Waals surface area (Å²) in [6.07, 6.45) is 1.57. The number of nitrogen functional groups attached to an aromatic ring is 1. The highest BCUT2D eigenvalue weighted by molar-refractivity contribution is 5.90. The number of carbonyl (C=O) groups excluding carboxylic acids is 1. The number of anilines is 1. The first-order chi connectivity index (χ1) is 5.16. The van der Waals surface area contributed by atoms with E-state index in [0.717, 1.165) is 5.56 Å². The Labute approximate surface area is 64.4 Å². The molecule has 0 amide bonds. The topological polar surface area (TPSA) is 68.1 Å². The summed E-state index contributed by atoms with van der Waals surface area (Å²) in [4.78, 5) is 13.7. The van der Waals surface area contributed by atoms with Crippen molar-refractivity contribution < 1.29 is 9.53 Å². The molecule has 0 aliphatic heterocycles. The van der Waals surface area contributed by atoms with E-state index in [4.69, 9.17) is 5.73 Å². The van der Waals surface area contributed by atoms with Crippen LogP contribution in [0.2, 0.25) is 0 Å². The summed E-state index contributed by atoms with van der Waals surface area (Å²) in [7, 11) is 1.33. The summed E-state index contributed by atoms with van der Waals surface area (Å²) in [5.74, 6) is -0.390. The van der Waals surface area contributed by atoms with Crippen LogP contribution < -0.4 is 5.73 Å². The van der Waals surface area contributed by atoms with Crippen molar-refractivity contribution in [2.24, 2.45) is 0 Å². The van der Waals surface area contributed by atoms with Crippen molar-refractivity contribution in [1.29, 1.82) is 0 Å². The molecule has 1 rings (SSSR count). The number of ether oxygens (including phenoxy) is 1. The average Bonchev–Trinajstić information content (AvgIpc) is 2.32. The third kappa shape index (κ3) is 1.19. The molecule has 0 unspecified atom stereocenters. The van der Waals surface area contributed by atoms with Crippen LogP contribution in [0.4, 0.5) is 5.69 Å². The normalized spacial score (nSPS) is 9.64. The molecule has 11 heavy (non-hydrogen) atoms. The second kappa shape index (κ2) is 2.65. The highest BCUT2D eigenvalue weighted by atomic mass is 16.5. The summed E-state index contributed by atoms with van der Waals surface area (Å²) >= 11 is 0. The van der Waals surface area contributed by atoms with Gasteiger partial charge in [-0.05, 0) is 6.92 Å². The predicted molar refractivity (Wildman–Crippen MR) is 41.3 cm³/mol. The van der Waals surface area contributed by atoms with Gasteiger partial charge >= 0.3 is 5.97 Å². The van der Waals surface area contributed by atoms with Crippen LogP contribution in [0.1, 0.15) is 16.1 Å². The van der Waals surface area contributed by atoms with E-state index in [1.807, 2.05) is 0 Å². The Morgan fingerprint density at radius 2 is 2.36 bits per heavy atom. The van der Waals surface area contributed by atoms with Crippen LogP contribution in [0.5, 0.6) is 0 Å². The average molecular weight is 154 g/mol. The molecule has 0 aliphatic carbocycles. The molecule has 3 N–H and O–H groups in total. The van der Waals surface area contributed by atoms with Gasteiger partial charge in [0.15, 0.2) is 0 Å². The lowest BCUT2D eigenvalue weighted by Crippen LogP contribution is -2.03. The lowest BCUT2D eigenvalue weighted by Gasteiger charge is -1.96. The van der Waals surface area contributed by atoms with Crippen LogP contribution >= 0.6 is 0 Å². The van der Waals surface area contributed by atoms with Gasteiger partial charge in [-0.15, -0.1) is 0 Å². The number of hydrogen-bond acceptors (Lipinski definition) is 3. The first-order valence-electron chi connectivity index (χ1n) is 3.18. The van der Waals surface area contributed by atoms with E-state index in [-0.39, 0.29) is 5.97 Å². The lowest BCUT2D eigenvalue weighted by atomic mass is 10.2. The minimum Gasteiger partial charge on any atom is -0.464 e. The Kier molecular flexibility index (Phi) is 1.85. The van der Waals surface area contributed by atoms with Gasteiger partial charge in [0.05, 0.1) is 12.8 Å². The van der Waals surface area contributed by atoms with E-state index in [1.165, 1.54) is 7.11 Å². The third-order valence-corrected chi connectivity index (χ3v) is 1.57. The summed E-state index contributed by atoms with van der Waals surface area (Å²) in [6, 6.07) is 0. The van der Waals surface area contributed by atoms with Crippen molar-refractivity contribution >= 4 is 11.7 Å². The van der Waals surface area contributed by atoms with E-state index in [2.05, 4.69) is 9.72 Å². The molecular formula is C7H10N2O2. The molecular weight excluding hydrogens is 144 g/mol. The fourth-order valence-corrected chi connectivity index (χ4v) is 0.825. The van der Waals surface area contributed by atoms with Crippen molar-refractivity contribution in [2.45, 2.75) is 6.92 Å². The SMILES string of the molecule is COC(=O)c1[nH]cc(N)c1C. The van der Waals surface area contributed by atoms with Gasteiger partial charge in [0, 0.05) is 11.8 Å². The predicted octanol–water partition coefficient (Wildman–Crippen LogP) is 0.692. The van der Waals surface area contributed by atoms with Crippen LogP contribution in [-0.4, -0.2) is 18.1 Å². The van der Waals surface area contributed by atoms with Crippen molar-refractivity contribution in [3.63, 3.8) is 0 Å². The molecule has 0 saturated carbocycles. The fraction of sp³-hybridized carbons (Fsp3) is 0.286. The van der Waals surface area contributed by atoms with Crippen molar-refractivity contribution in [3.8, 4) is 0 Å². The molecule has 60 valence electrons. The quantitative estimate of drug-likeness (QED) is 0.585. The van der Waals surface area contributed by atoms with Crippen LogP contribution in [-0.2, 0) is 4.74 Å². The van der Waals surface area contributed by atoms with Gasteiger partial charge in [0.25, 0.3) is 0 Å². The van der Waals surface area contributed by atoms with E-state index in [9.17, 15) is 4.79 Å². The van der Waals surface area contributed by atoms with Crippen LogP contribution in [0, 0.1) is 6.92 Å². The number of esters is 1. The monoisotopic (exact) mass is 154 g/mol. The summed E-state index contributed by atoms with van der Waals surface area (Å²) in [6.45, 7) is 1.76. The molecule has 0 atom stereocenters. The highest BCUT2D eigenvalue weighted by Crippen LogP contribution is 2.14. The third-order valence-electron chi connectivity index (χ3n) is 1.57. The van der Waals surface area contributed by atoms with Crippen molar-refractivity contribution in [2.75, 3.05) is 12.8 Å². The first kappa shape index (κ1) is 7.65. The number of aromatic amines is 1. The van der Waals surface area contributed by atoms with Gasteiger partial charge in [-0.25, -0.2) is 4.79 Å². The van der Waals surface area contributed by atoms with Crippen molar-refractivity contribution in [3.05, 3.63) is 17.5 Å². The first-order valence-corrected chi connectivity index (χ1v) is 3.18. The zero-order valence-electron chi connectivity index (χ0n) is 6.47. The Morgan fingerprint density at radius 1 is 1.73 bits per heavy atom. The Morgan fingerprint density at radius 3 is 2.73 bits per heavy atom. The van der Waals surface area contributed by atoms with E-state index in [0.29, 0.717) is 11.4 Å². The molecule has 0 fully saturated rings. The number of nitrogens with two attached hydrogens (primary N) is 1. The van der Waals surface area contributed by atoms with Gasteiger partial charge in [-0.3, -0.25) is 0 Å². The zero-order valence-corrected chi connectivity index (χ0v) is 6.47. The summed E-state index contributed by atoms with van der Waals surface area (Å²) in [5.41, 5.74) is 7.22. The van der Waals surface area contributed by atoms with Gasteiger partial charge in [-0.1, -0.05) is 0 Å². The maximum absolute atomic E-state index is 10.9. The number of hydrogen-bond donors (Lipinski definition) is 2.